The number of nitrogens with two attached hydrogens (primary N) is 1. The minimum absolute atomic E-state index is 0.167. The first-order chi connectivity index (χ1) is 9.94. The summed E-state index contributed by atoms with van der Waals surface area (Å²) in [6.45, 7) is -0.500. The van der Waals surface area contributed by atoms with Gasteiger partial charge in [-0.1, -0.05) is 23.4 Å². The molecule has 0 aromatic heterocycles. The van der Waals surface area contributed by atoms with Crippen LogP contribution < -0.4 is 10.6 Å². The Balaban J connectivity index is 1.97. The molecule has 3 rings (SSSR count). The maximum atomic E-state index is 12.4. The first kappa shape index (κ1) is 14.2. The van der Waals surface area contributed by atoms with Gasteiger partial charge in [-0.3, -0.25) is 14.5 Å². The molecule has 0 spiro atoms. The van der Waals surface area contributed by atoms with Gasteiger partial charge in [-0.2, -0.15) is 0 Å². The van der Waals surface area contributed by atoms with E-state index in [1.54, 1.807) is 18.2 Å². The fourth-order valence-corrected chi connectivity index (χ4v) is 4.10. The first-order valence-electron chi connectivity index (χ1n) is 6.21. The number of hydrogen-bond donors (Lipinski definition) is 1. The summed E-state index contributed by atoms with van der Waals surface area (Å²) in [7, 11) is 0. The van der Waals surface area contributed by atoms with Crippen LogP contribution in [0, 0.1) is 0 Å². The third kappa shape index (κ3) is 2.16. The zero-order valence-electron chi connectivity index (χ0n) is 10.8. The number of anilines is 1. The Morgan fingerprint density at radius 3 is 2.95 bits per heavy atom. The van der Waals surface area contributed by atoms with Crippen LogP contribution >= 0.6 is 23.4 Å². The van der Waals surface area contributed by atoms with Crippen LogP contribution in [-0.4, -0.2) is 29.3 Å². The summed E-state index contributed by atoms with van der Waals surface area (Å²) in [4.78, 5) is 36.3. The van der Waals surface area contributed by atoms with Crippen LogP contribution in [0.5, 0.6) is 0 Å². The fraction of sp³-hybridized carbons (Fsp3) is 0.308. The Labute approximate surface area is 129 Å². The number of esters is 1. The van der Waals surface area contributed by atoms with E-state index in [0.29, 0.717) is 17.1 Å². The van der Waals surface area contributed by atoms with E-state index in [1.165, 1.54) is 16.7 Å². The molecule has 2 aliphatic heterocycles. The Bertz CT molecular complexity index is 666. The van der Waals surface area contributed by atoms with E-state index < -0.39 is 23.4 Å². The average Bonchev–Trinajstić information content (AvgIpc) is 2.93. The highest BCUT2D eigenvalue weighted by atomic mass is 35.5. The minimum Gasteiger partial charge on any atom is -0.453 e. The van der Waals surface area contributed by atoms with Gasteiger partial charge in [0.25, 0.3) is 5.91 Å². The molecule has 1 saturated heterocycles. The minimum atomic E-state index is -1.15. The van der Waals surface area contributed by atoms with Crippen molar-refractivity contribution in [3.05, 3.63) is 23.2 Å². The van der Waals surface area contributed by atoms with Crippen LogP contribution in [0.25, 0.3) is 0 Å². The molecule has 1 aromatic rings. The monoisotopic (exact) mass is 326 g/mol. The highest BCUT2D eigenvalue weighted by Gasteiger charge is 2.58. The van der Waals surface area contributed by atoms with Crippen molar-refractivity contribution in [2.24, 2.45) is 5.73 Å². The van der Waals surface area contributed by atoms with Gasteiger partial charge >= 0.3 is 5.97 Å². The number of carbonyl (C=O) groups is 3. The third-order valence-corrected chi connectivity index (χ3v) is 5.08. The number of halogens is 1. The number of primary amides is 1. The standard InChI is InChI=1S/C13H11ClN2O4S/c14-7-1-2-9-8(5-7)16-11(18)3-4-13(16,21-9)12(19)20-6-10(15)17/h1-2,5H,3-4,6H2,(H2,15,17). The van der Waals surface area contributed by atoms with Gasteiger partial charge in [0.05, 0.1) is 5.69 Å². The van der Waals surface area contributed by atoms with Crippen molar-refractivity contribution in [3.63, 3.8) is 0 Å². The average molecular weight is 327 g/mol. The molecule has 8 heteroatoms. The number of hydrogen-bond acceptors (Lipinski definition) is 5. The summed E-state index contributed by atoms with van der Waals surface area (Å²) in [6, 6.07) is 5.11. The van der Waals surface area contributed by atoms with E-state index in [4.69, 9.17) is 22.1 Å². The predicted molar refractivity (Wildman–Crippen MR) is 76.9 cm³/mol. The molecule has 6 nitrogen and oxygen atoms in total. The van der Waals surface area contributed by atoms with Crippen molar-refractivity contribution in [1.82, 2.24) is 0 Å². The predicted octanol–water partition coefficient (Wildman–Crippen LogP) is 1.30. The molecular weight excluding hydrogens is 316 g/mol. The molecular formula is C13H11ClN2O4S. The van der Waals surface area contributed by atoms with Gasteiger partial charge in [0.1, 0.15) is 0 Å². The lowest BCUT2D eigenvalue weighted by molar-refractivity contribution is -0.150. The number of benzene rings is 1. The molecule has 21 heavy (non-hydrogen) atoms. The summed E-state index contributed by atoms with van der Waals surface area (Å²) in [5.41, 5.74) is 5.59. The van der Waals surface area contributed by atoms with E-state index in [-0.39, 0.29) is 12.3 Å². The van der Waals surface area contributed by atoms with Crippen molar-refractivity contribution in [2.45, 2.75) is 22.6 Å². The van der Waals surface area contributed by atoms with Crippen LogP contribution in [0.2, 0.25) is 5.02 Å². The maximum absolute atomic E-state index is 12.4. The van der Waals surface area contributed by atoms with Gasteiger partial charge in [-0.25, -0.2) is 4.79 Å². The van der Waals surface area contributed by atoms with Crippen LogP contribution in [-0.2, 0) is 19.1 Å². The highest BCUT2D eigenvalue weighted by molar-refractivity contribution is 8.02. The molecule has 0 bridgehead atoms. The lowest BCUT2D eigenvalue weighted by Gasteiger charge is -2.28. The summed E-state index contributed by atoms with van der Waals surface area (Å²) in [5.74, 6) is -1.54. The molecule has 2 aliphatic rings. The third-order valence-electron chi connectivity index (χ3n) is 3.39. The highest BCUT2D eigenvalue weighted by Crippen LogP contribution is 2.56. The number of nitrogens with zero attached hydrogens (tertiary/aromatic N) is 1. The van der Waals surface area contributed by atoms with Gasteiger partial charge in [0.2, 0.25) is 5.91 Å². The Hall–Kier alpha value is -1.73. The van der Waals surface area contributed by atoms with Crippen LogP contribution in [0.1, 0.15) is 12.8 Å². The van der Waals surface area contributed by atoms with Gasteiger partial charge in [-0.15, -0.1) is 0 Å². The maximum Gasteiger partial charge on any atom is 0.344 e. The van der Waals surface area contributed by atoms with E-state index in [1.807, 2.05) is 0 Å². The van der Waals surface area contributed by atoms with Crippen LogP contribution in [0.4, 0.5) is 5.69 Å². The normalized spacial score (nSPS) is 22.9. The number of fused-ring (bicyclic) bond motifs is 3. The van der Waals surface area contributed by atoms with Gasteiger partial charge in [0, 0.05) is 22.8 Å². The Morgan fingerprint density at radius 1 is 1.48 bits per heavy atom. The van der Waals surface area contributed by atoms with Crippen molar-refractivity contribution >= 4 is 46.8 Å². The molecule has 0 radical (unpaired) electrons. The van der Waals surface area contributed by atoms with E-state index in [2.05, 4.69) is 0 Å². The number of rotatable bonds is 3. The summed E-state index contributed by atoms with van der Waals surface area (Å²) in [6.07, 6.45) is 0.561. The van der Waals surface area contributed by atoms with Crippen molar-refractivity contribution in [1.29, 1.82) is 0 Å². The molecule has 1 atom stereocenters. The van der Waals surface area contributed by atoms with Crippen molar-refractivity contribution in [2.75, 3.05) is 11.5 Å². The van der Waals surface area contributed by atoms with Crippen LogP contribution in [0.3, 0.4) is 0 Å². The molecule has 0 saturated carbocycles. The molecule has 110 valence electrons. The zero-order valence-corrected chi connectivity index (χ0v) is 12.4. The molecule has 0 aliphatic carbocycles. The Kier molecular flexibility index (Phi) is 3.33. The van der Waals surface area contributed by atoms with Crippen molar-refractivity contribution < 1.29 is 19.1 Å². The lowest BCUT2D eigenvalue weighted by Crippen LogP contribution is -2.48. The van der Waals surface area contributed by atoms with Gasteiger partial charge < -0.3 is 10.5 Å². The van der Waals surface area contributed by atoms with E-state index in [0.717, 1.165) is 4.90 Å². The van der Waals surface area contributed by atoms with E-state index in [9.17, 15) is 14.4 Å². The topological polar surface area (TPSA) is 89.7 Å². The van der Waals surface area contributed by atoms with Crippen molar-refractivity contribution in [3.8, 4) is 0 Å². The SMILES string of the molecule is NC(=O)COC(=O)C12CCC(=O)N1c1cc(Cl)ccc1S2. The Morgan fingerprint density at radius 2 is 2.24 bits per heavy atom. The zero-order chi connectivity index (χ0) is 15.2. The summed E-state index contributed by atoms with van der Waals surface area (Å²) in [5, 5.41) is 0.482. The molecule has 2 heterocycles. The number of amides is 2. The summed E-state index contributed by atoms with van der Waals surface area (Å²) < 4.78 is 4.94. The van der Waals surface area contributed by atoms with Crippen LogP contribution in [0.15, 0.2) is 23.1 Å². The quantitative estimate of drug-likeness (QED) is 0.845. The van der Waals surface area contributed by atoms with Gasteiger partial charge in [-0.05, 0) is 18.2 Å². The lowest BCUT2D eigenvalue weighted by atomic mass is 10.2. The number of carbonyl (C=O) groups excluding carboxylic acids is 3. The molecule has 2 N–H and O–H groups in total. The second kappa shape index (κ2) is 4.92. The molecule has 1 fully saturated rings. The van der Waals surface area contributed by atoms with E-state index >= 15 is 0 Å². The second-order valence-corrected chi connectivity index (χ2v) is 6.53. The second-order valence-electron chi connectivity index (χ2n) is 4.77. The summed E-state index contributed by atoms with van der Waals surface area (Å²) >= 11 is 7.21. The molecule has 1 unspecified atom stereocenters. The number of ether oxygens (including phenoxy) is 1. The number of thioether (sulfide) groups is 1. The van der Waals surface area contributed by atoms with Gasteiger partial charge in [0.15, 0.2) is 11.5 Å². The first-order valence-corrected chi connectivity index (χ1v) is 7.41. The molecule has 2 amide bonds. The largest absolute Gasteiger partial charge is 0.453 e. The smallest absolute Gasteiger partial charge is 0.344 e. The fourth-order valence-electron chi connectivity index (χ4n) is 2.54. The molecule has 1 aromatic carbocycles.